The Hall–Kier alpha value is -2.64. The minimum atomic E-state index is -1.42. The fourth-order valence-corrected chi connectivity index (χ4v) is 2.79. The summed E-state index contributed by atoms with van der Waals surface area (Å²) in [6.45, 7) is 4.26. The molecule has 0 spiro atoms. The highest BCUT2D eigenvalue weighted by Gasteiger charge is 2.48. The highest BCUT2D eigenvalue weighted by atomic mass is 16.6. The van der Waals surface area contributed by atoms with Crippen molar-refractivity contribution < 1.29 is 23.8 Å². The van der Waals surface area contributed by atoms with Crippen molar-refractivity contribution in [2.75, 3.05) is 33.0 Å². The molecule has 0 atom stereocenters. The number of hydrogen-bond acceptors (Lipinski definition) is 7. The first-order valence-corrected chi connectivity index (χ1v) is 9.42. The summed E-state index contributed by atoms with van der Waals surface area (Å²) in [6.07, 6.45) is 5.12. The van der Waals surface area contributed by atoms with Gasteiger partial charge in [-0.1, -0.05) is 11.2 Å². The number of pyridine rings is 1. The normalized spacial score (nSPS) is 10.8. The summed E-state index contributed by atoms with van der Waals surface area (Å²) in [5.74, 6) is -1.20. The minimum absolute atomic E-state index is 0.133. The molecule has 0 bridgehead atoms. The summed E-state index contributed by atoms with van der Waals surface area (Å²) >= 11 is 0. The number of hydrogen-bond donors (Lipinski definition) is 0. The lowest BCUT2D eigenvalue weighted by molar-refractivity contribution is -0.174. The third-order valence-electron chi connectivity index (χ3n) is 4.20. The van der Waals surface area contributed by atoms with Crippen molar-refractivity contribution >= 4 is 11.9 Å². The van der Waals surface area contributed by atoms with E-state index in [-0.39, 0.29) is 45.8 Å². The van der Waals surface area contributed by atoms with E-state index >= 15 is 0 Å². The average molecular weight is 392 g/mol. The Kier molecular flexibility index (Phi) is 11.3. The van der Waals surface area contributed by atoms with Crippen molar-refractivity contribution in [1.29, 1.82) is 0 Å². The molecule has 0 fully saturated rings. The van der Waals surface area contributed by atoms with Crippen LogP contribution in [0.25, 0.3) is 10.4 Å². The van der Waals surface area contributed by atoms with Crippen LogP contribution in [0.2, 0.25) is 0 Å². The molecule has 0 aliphatic heterocycles. The van der Waals surface area contributed by atoms with Crippen molar-refractivity contribution in [3.8, 4) is 0 Å². The van der Waals surface area contributed by atoms with E-state index < -0.39 is 17.4 Å². The molecule has 0 saturated carbocycles. The van der Waals surface area contributed by atoms with Crippen LogP contribution in [0.4, 0.5) is 0 Å². The largest absolute Gasteiger partial charge is 0.465 e. The molecular formula is C19H28N4O5. The predicted molar refractivity (Wildman–Crippen MR) is 102 cm³/mol. The van der Waals surface area contributed by atoms with Gasteiger partial charge in [0.1, 0.15) is 0 Å². The van der Waals surface area contributed by atoms with E-state index in [4.69, 9.17) is 19.7 Å². The van der Waals surface area contributed by atoms with Crippen LogP contribution < -0.4 is 0 Å². The average Bonchev–Trinajstić information content (AvgIpc) is 2.70. The van der Waals surface area contributed by atoms with Gasteiger partial charge in [0.05, 0.1) is 19.8 Å². The van der Waals surface area contributed by atoms with E-state index in [1.54, 1.807) is 26.2 Å². The molecule has 9 nitrogen and oxygen atoms in total. The Morgan fingerprint density at radius 1 is 1.18 bits per heavy atom. The van der Waals surface area contributed by atoms with Gasteiger partial charge < -0.3 is 14.2 Å². The van der Waals surface area contributed by atoms with E-state index in [2.05, 4.69) is 15.0 Å². The first-order valence-electron chi connectivity index (χ1n) is 9.42. The summed E-state index contributed by atoms with van der Waals surface area (Å²) in [7, 11) is 0. The standard InChI is InChI=1S/C19H28N4O5/c1-3-27-17(24)19(18(25)28-4-2,10-13-26-14-12-22-23-20)9-5-7-16-8-6-11-21-15-16/h6,8,11,15H,3-5,7,9-10,12-14H2,1-2H3. The van der Waals surface area contributed by atoms with Crippen LogP contribution in [0.5, 0.6) is 0 Å². The van der Waals surface area contributed by atoms with Crippen LogP contribution in [-0.2, 0) is 30.2 Å². The molecule has 154 valence electrons. The number of aromatic nitrogens is 1. The Labute approximate surface area is 165 Å². The number of rotatable bonds is 14. The van der Waals surface area contributed by atoms with Gasteiger partial charge in [0, 0.05) is 30.5 Å². The zero-order valence-electron chi connectivity index (χ0n) is 16.5. The molecular weight excluding hydrogens is 364 g/mol. The fourth-order valence-electron chi connectivity index (χ4n) is 2.79. The molecule has 1 heterocycles. The highest BCUT2D eigenvalue weighted by Crippen LogP contribution is 2.33. The van der Waals surface area contributed by atoms with Crippen LogP contribution in [0.1, 0.15) is 38.7 Å². The van der Waals surface area contributed by atoms with Crippen LogP contribution in [0.3, 0.4) is 0 Å². The van der Waals surface area contributed by atoms with Gasteiger partial charge in [0.15, 0.2) is 5.41 Å². The minimum Gasteiger partial charge on any atom is -0.465 e. The third-order valence-corrected chi connectivity index (χ3v) is 4.20. The fraction of sp³-hybridized carbons (Fsp3) is 0.632. The molecule has 0 amide bonds. The van der Waals surface area contributed by atoms with Crippen molar-refractivity contribution in [3.63, 3.8) is 0 Å². The quantitative estimate of drug-likeness (QED) is 0.120. The summed E-state index contributed by atoms with van der Waals surface area (Å²) < 4.78 is 15.8. The van der Waals surface area contributed by atoms with Gasteiger partial charge in [-0.15, -0.1) is 0 Å². The van der Waals surface area contributed by atoms with Crippen molar-refractivity contribution in [2.24, 2.45) is 10.5 Å². The Morgan fingerprint density at radius 2 is 1.89 bits per heavy atom. The second kappa shape index (κ2) is 13.5. The van der Waals surface area contributed by atoms with Gasteiger partial charge in [-0.05, 0) is 56.7 Å². The van der Waals surface area contributed by atoms with Crippen LogP contribution in [0, 0.1) is 5.41 Å². The predicted octanol–water partition coefficient (Wildman–Crippen LogP) is 3.23. The smallest absolute Gasteiger partial charge is 0.323 e. The summed E-state index contributed by atoms with van der Waals surface area (Å²) in [5, 5.41) is 3.38. The van der Waals surface area contributed by atoms with E-state index in [1.807, 2.05) is 12.1 Å². The molecule has 28 heavy (non-hydrogen) atoms. The number of carbonyl (C=O) groups is 2. The van der Waals surface area contributed by atoms with Crippen LogP contribution >= 0.6 is 0 Å². The lowest BCUT2D eigenvalue weighted by Crippen LogP contribution is -2.43. The number of nitrogens with zero attached hydrogens (tertiary/aromatic N) is 4. The molecule has 0 unspecified atom stereocenters. The van der Waals surface area contributed by atoms with Crippen LogP contribution in [0.15, 0.2) is 29.6 Å². The zero-order chi connectivity index (χ0) is 20.7. The topological polar surface area (TPSA) is 123 Å². The van der Waals surface area contributed by atoms with Gasteiger partial charge in [0.2, 0.25) is 0 Å². The van der Waals surface area contributed by atoms with E-state index in [9.17, 15) is 9.59 Å². The van der Waals surface area contributed by atoms with Crippen molar-refractivity contribution in [1.82, 2.24) is 4.98 Å². The van der Waals surface area contributed by atoms with Gasteiger partial charge in [0.25, 0.3) is 0 Å². The van der Waals surface area contributed by atoms with Crippen molar-refractivity contribution in [2.45, 2.75) is 39.5 Å². The Morgan fingerprint density at radius 3 is 2.46 bits per heavy atom. The molecule has 0 aromatic carbocycles. The molecule has 0 saturated heterocycles. The Bertz CT molecular complexity index is 629. The lowest BCUT2D eigenvalue weighted by atomic mass is 9.79. The van der Waals surface area contributed by atoms with E-state index in [1.165, 1.54) is 0 Å². The molecule has 0 radical (unpaired) electrons. The Balaban J connectivity index is 2.86. The summed E-state index contributed by atoms with van der Waals surface area (Å²) in [5.41, 5.74) is 7.88. The van der Waals surface area contributed by atoms with Gasteiger partial charge in [-0.2, -0.15) is 0 Å². The summed E-state index contributed by atoms with van der Waals surface area (Å²) in [4.78, 5) is 32.2. The van der Waals surface area contributed by atoms with Gasteiger partial charge in [-0.25, -0.2) is 0 Å². The second-order valence-electron chi connectivity index (χ2n) is 6.05. The number of ether oxygens (including phenoxy) is 3. The second-order valence-corrected chi connectivity index (χ2v) is 6.05. The molecule has 0 N–H and O–H groups in total. The maximum absolute atomic E-state index is 12.7. The number of azide groups is 1. The first kappa shape index (κ1) is 23.4. The van der Waals surface area contributed by atoms with Crippen molar-refractivity contribution in [3.05, 3.63) is 40.5 Å². The monoisotopic (exact) mass is 392 g/mol. The number of esters is 2. The highest BCUT2D eigenvalue weighted by molar-refractivity contribution is 6.00. The molecule has 9 heteroatoms. The summed E-state index contributed by atoms with van der Waals surface area (Å²) in [6, 6.07) is 3.79. The number of carbonyl (C=O) groups excluding carboxylic acids is 2. The van der Waals surface area contributed by atoms with Gasteiger partial charge in [-0.3, -0.25) is 14.6 Å². The zero-order valence-corrected chi connectivity index (χ0v) is 16.5. The molecule has 1 aromatic rings. The SMILES string of the molecule is CCOC(=O)C(CCCc1cccnc1)(CCOCCN=[N+]=[N-])C(=O)OCC. The molecule has 1 aromatic heterocycles. The van der Waals surface area contributed by atoms with E-state index in [0.717, 1.165) is 5.56 Å². The number of aryl methyl sites for hydroxylation is 1. The first-order chi connectivity index (χ1) is 13.6. The van der Waals surface area contributed by atoms with Crippen LogP contribution in [-0.4, -0.2) is 49.9 Å². The third kappa shape index (κ3) is 7.54. The van der Waals surface area contributed by atoms with E-state index in [0.29, 0.717) is 12.8 Å². The molecule has 0 aliphatic rings. The lowest BCUT2D eigenvalue weighted by Gasteiger charge is -2.29. The molecule has 0 aliphatic carbocycles. The molecule has 1 rings (SSSR count). The maximum atomic E-state index is 12.7. The maximum Gasteiger partial charge on any atom is 0.323 e. The van der Waals surface area contributed by atoms with Gasteiger partial charge >= 0.3 is 11.9 Å².